The molecule has 0 spiro atoms. The van der Waals surface area contributed by atoms with E-state index in [-0.39, 0.29) is 23.3 Å². The minimum Gasteiger partial charge on any atom is -0.315 e. The highest BCUT2D eigenvalue weighted by Gasteiger charge is 2.38. The lowest BCUT2D eigenvalue weighted by atomic mass is 9.91. The van der Waals surface area contributed by atoms with Gasteiger partial charge >= 0.3 is 0 Å². The molecule has 0 radical (unpaired) electrons. The van der Waals surface area contributed by atoms with Crippen LogP contribution in [0.3, 0.4) is 0 Å². The summed E-state index contributed by atoms with van der Waals surface area (Å²) in [5.74, 6) is -0.00280. The molecular weight excluding hydrogens is 374 g/mol. The Bertz CT molecular complexity index is 1070. The molecule has 28 heavy (non-hydrogen) atoms. The summed E-state index contributed by atoms with van der Waals surface area (Å²) in [6.45, 7) is 2.68. The molecule has 6 nitrogen and oxygen atoms in total. The van der Waals surface area contributed by atoms with Crippen molar-refractivity contribution in [3.8, 4) is 0 Å². The lowest BCUT2D eigenvalue weighted by molar-refractivity contribution is -0.117. The number of hydrogen-bond acceptors (Lipinski definition) is 4. The number of carbonyl (C=O) groups is 1. The Kier molecular flexibility index (Phi) is 4.08. The molecule has 2 aromatic carbocycles. The first kappa shape index (κ1) is 17.8. The van der Waals surface area contributed by atoms with Crippen LogP contribution >= 0.6 is 0 Å². The molecule has 1 saturated heterocycles. The van der Waals surface area contributed by atoms with Gasteiger partial charge < -0.3 is 4.90 Å². The zero-order valence-electron chi connectivity index (χ0n) is 15.8. The van der Waals surface area contributed by atoms with Crippen molar-refractivity contribution in [1.82, 2.24) is 9.21 Å². The van der Waals surface area contributed by atoms with Gasteiger partial charge in [-0.3, -0.25) is 9.69 Å². The standard InChI is InChI=1S/C21H23N3O3S/c1-22-19-7-6-17(12-16(19)13-21(22)25)28(26,27)24-11-10-23-9-8-15-4-2-3-5-18(15)20(23)14-24/h2-7,12,20H,8-11,13-14H2,1H3. The summed E-state index contributed by atoms with van der Waals surface area (Å²) >= 11 is 0. The summed E-state index contributed by atoms with van der Waals surface area (Å²) in [7, 11) is -1.87. The number of fused-ring (bicyclic) bond motifs is 4. The van der Waals surface area contributed by atoms with E-state index in [4.69, 9.17) is 0 Å². The van der Waals surface area contributed by atoms with Gasteiger partial charge in [0.25, 0.3) is 0 Å². The highest BCUT2D eigenvalue weighted by atomic mass is 32.2. The molecule has 1 amide bonds. The summed E-state index contributed by atoms with van der Waals surface area (Å²) in [5.41, 5.74) is 4.15. The third-order valence-electron chi connectivity index (χ3n) is 6.30. The van der Waals surface area contributed by atoms with Crippen LogP contribution in [0.25, 0.3) is 0 Å². The number of hydrogen-bond donors (Lipinski definition) is 0. The average molecular weight is 398 g/mol. The van der Waals surface area contributed by atoms with E-state index in [1.54, 1.807) is 34.5 Å². The Labute approximate surface area is 165 Å². The summed E-state index contributed by atoms with van der Waals surface area (Å²) in [5, 5.41) is 0. The Morgan fingerprint density at radius 3 is 2.68 bits per heavy atom. The lowest BCUT2D eigenvalue weighted by Crippen LogP contribution is -2.52. The van der Waals surface area contributed by atoms with Crippen molar-refractivity contribution in [3.05, 3.63) is 59.2 Å². The fourth-order valence-corrected chi connectivity index (χ4v) is 6.17. The maximum absolute atomic E-state index is 13.3. The van der Waals surface area contributed by atoms with Crippen LogP contribution < -0.4 is 4.90 Å². The first-order valence-corrected chi connectivity index (χ1v) is 11.1. The summed E-state index contributed by atoms with van der Waals surface area (Å²) in [6.07, 6.45) is 1.28. The fraction of sp³-hybridized carbons (Fsp3) is 0.381. The van der Waals surface area contributed by atoms with Crippen molar-refractivity contribution < 1.29 is 13.2 Å². The summed E-state index contributed by atoms with van der Waals surface area (Å²) in [6, 6.07) is 13.5. The second-order valence-electron chi connectivity index (χ2n) is 7.78. The Hall–Kier alpha value is -2.22. The van der Waals surface area contributed by atoms with E-state index in [1.807, 2.05) is 6.07 Å². The lowest BCUT2D eigenvalue weighted by Gasteiger charge is -2.44. The van der Waals surface area contributed by atoms with E-state index in [0.717, 1.165) is 30.8 Å². The van der Waals surface area contributed by atoms with Crippen molar-refractivity contribution in [2.24, 2.45) is 0 Å². The van der Waals surface area contributed by atoms with Crippen molar-refractivity contribution in [3.63, 3.8) is 0 Å². The molecule has 1 fully saturated rings. The number of carbonyl (C=O) groups excluding carboxylic acids is 1. The minimum absolute atomic E-state index is 0.00280. The molecule has 3 heterocycles. The molecule has 0 saturated carbocycles. The number of sulfonamides is 1. The first-order chi connectivity index (χ1) is 13.4. The number of anilines is 1. The molecule has 0 N–H and O–H groups in total. The minimum atomic E-state index is -3.59. The van der Waals surface area contributed by atoms with Gasteiger partial charge in [-0.05, 0) is 41.3 Å². The number of nitrogens with zero attached hydrogens (tertiary/aromatic N) is 3. The van der Waals surface area contributed by atoms with Crippen molar-refractivity contribution in [2.45, 2.75) is 23.8 Å². The molecule has 0 aromatic heterocycles. The molecular formula is C21H23N3O3S. The van der Waals surface area contributed by atoms with Crippen LogP contribution in [0.4, 0.5) is 5.69 Å². The van der Waals surface area contributed by atoms with E-state index in [9.17, 15) is 13.2 Å². The first-order valence-electron chi connectivity index (χ1n) is 9.66. The Balaban J connectivity index is 1.46. The zero-order chi connectivity index (χ0) is 19.5. The van der Waals surface area contributed by atoms with Gasteiger partial charge in [-0.25, -0.2) is 8.42 Å². The SMILES string of the molecule is CN1C(=O)Cc2cc(S(=O)(=O)N3CCN4CCc5ccccc5C4C3)ccc21. The van der Waals surface area contributed by atoms with E-state index in [1.165, 1.54) is 11.1 Å². The molecule has 0 aliphatic carbocycles. The number of benzene rings is 2. The molecule has 5 rings (SSSR count). The van der Waals surface area contributed by atoms with Crippen molar-refractivity contribution in [2.75, 3.05) is 38.1 Å². The monoisotopic (exact) mass is 397 g/mol. The summed E-state index contributed by atoms with van der Waals surface area (Å²) < 4.78 is 28.3. The number of likely N-dealkylation sites (N-methyl/N-ethyl adjacent to an activating group) is 1. The fourth-order valence-electron chi connectivity index (χ4n) is 4.68. The molecule has 1 unspecified atom stereocenters. The molecule has 3 aliphatic heterocycles. The van der Waals surface area contributed by atoms with Gasteiger partial charge in [0.2, 0.25) is 15.9 Å². The molecule has 7 heteroatoms. The largest absolute Gasteiger partial charge is 0.315 e. The predicted molar refractivity (Wildman–Crippen MR) is 107 cm³/mol. The highest BCUT2D eigenvalue weighted by Crippen LogP contribution is 2.35. The van der Waals surface area contributed by atoms with Crippen LogP contribution in [0.5, 0.6) is 0 Å². The van der Waals surface area contributed by atoms with Crippen LogP contribution in [0.2, 0.25) is 0 Å². The molecule has 146 valence electrons. The van der Waals surface area contributed by atoms with Crippen LogP contribution in [-0.4, -0.2) is 56.8 Å². The molecule has 2 aromatic rings. The van der Waals surface area contributed by atoms with Crippen molar-refractivity contribution in [1.29, 1.82) is 0 Å². The van der Waals surface area contributed by atoms with E-state index in [0.29, 0.717) is 13.1 Å². The van der Waals surface area contributed by atoms with Gasteiger partial charge in [-0.15, -0.1) is 0 Å². The highest BCUT2D eigenvalue weighted by molar-refractivity contribution is 7.89. The van der Waals surface area contributed by atoms with E-state index >= 15 is 0 Å². The second kappa shape index (κ2) is 6.40. The maximum Gasteiger partial charge on any atom is 0.243 e. The quantitative estimate of drug-likeness (QED) is 0.776. The third kappa shape index (κ3) is 2.69. The van der Waals surface area contributed by atoms with Gasteiger partial charge in [0.1, 0.15) is 0 Å². The van der Waals surface area contributed by atoms with Gasteiger partial charge in [-0.2, -0.15) is 4.31 Å². The third-order valence-corrected chi connectivity index (χ3v) is 8.16. The van der Waals surface area contributed by atoms with Crippen LogP contribution in [0.15, 0.2) is 47.4 Å². The number of amides is 1. The van der Waals surface area contributed by atoms with Crippen LogP contribution in [0.1, 0.15) is 22.7 Å². The average Bonchev–Trinajstić information content (AvgIpc) is 3.00. The zero-order valence-corrected chi connectivity index (χ0v) is 16.7. The van der Waals surface area contributed by atoms with Crippen LogP contribution in [-0.2, 0) is 27.7 Å². The van der Waals surface area contributed by atoms with E-state index in [2.05, 4.69) is 23.1 Å². The van der Waals surface area contributed by atoms with Crippen LogP contribution in [0, 0.1) is 0 Å². The number of rotatable bonds is 2. The van der Waals surface area contributed by atoms with Gasteiger partial charge in [0, 0.05) is 45.0 Å². The number of piperazine rings is 1. The van der Waals surface area contributed by atoms with Gasteiger partial charge in [0.05, 0.1) is 11.3 Å². The van der Waals surface area contributed by atoms with E-state index < -0.39 is 10.0 Å². The molecule has 1 atom stereocenters. The topological polar surface area (TPSA) is 60.9 Å². The Morgan fingerprint density at radius 2 is 1.82 bits per heavy atom. The van der Waals surface area contributed by atoms with Gasteiger partial charge in [0.15, 0.2) is 0 Å². The smallest absolute Gasteiger partial charge is 0.243 e. The maximum atomic E-state index is 13.3. The molecule has 3 aliphatic rings. The second-order valence-corrected chi connectivity index (χ2v) is 9.72. The van der Waals surface area contributed by atoms with Gasteiger partial charge in [-0.1, -0.05) is 24.3 Å². The molecule has 0 bridgehead atoms. The van der Waals surface area contributed by atoms with Crippen molar-refractivity contribution >= 4 is 21.6 Å². The normalized spacial score (nSPS) is 22.7. The Morgan fingerprint density at radius 1 is 1.00 bits per heavy atom. The summed E-state index contributed by atoms with van der Waals surface area (Å²) in [4.78, 5) is 16.2. The predicted octanol–water partition coefficient (Wildman–Crippen LogP) is 1.81.